The highest BCUT2D eigenvalue weighted by atomic mass is 31.0. The number of nitrogen functional groups attached to an aromatic ring is 1. The average molecular weight is 127 g/mol. The second-order valence-electron chi connectivity index (χ2n) is 1.37. The van der Waals surface area contributed by atoms with Crippen molar-refractivity contribution in [2.24, 2.45) is 0 Å². The summed E-state index contributed by atoms with van der Waals surface area (Å²) in [5.41, 5.74) is 5.20. The summed E-state index contributed by atoms with van der Waals surface area (Å²) in [7, 11) is 2.47. The molecule has 0 spiro atoms. The molecule has 8 heavy (non-hydrogen) atoms. The van der Waals surface area contributed by atoms with E-state index in [1.54, 1.807) is 12.4 Å². The predicted octanol–water partition coefficient (Wildman–Crippen LogP) is -0.441. The molecule has 0 saturated heterocycles. The molecule has 0 aliphatic heterocycles. The summed E-state index contributed by atoms with van der Waals surface area (Å²) in [5, 5.41) is 0.944. The van der Waals surface area contributed by atoms with Gasteiger partial charge in [0.1, 0.15) is 0 Å². The first-order valence-electron chi connectivity index (χ1n) is 2.12. The molecule has 0 bridgehead atoms. The largest absolute Gasteiger partial charge is 0.368 e. The number of hydrogen-bond acceptors (Lipinski definition) is 3. The van der Waals surface area contributed by atoms with Gasteiger partial charge in [0.15, 0.2) is 0 Å². The molecule has 0 aliphatic rings. The van der Waals surface area contributed by atoms with Gasteiger partial charge in [-0.2, -0.15) is 0 Å². The molecule has 1 rings (SSSR count). The summed E-state index contributed by atoms with van der Waals surface area (Å²) < 4.78 is 0. The minimum Gasteiger partial charge on any atom is -0.368 e. The quantitative estimate of drug-likeness (QED) is 0.480. The van der Waals surface area contributed by atoms with E-state index in [2.05, 4.69) is 19.2 Å². The van der Waals surface area contributed by atoms with Gasteiger partial charge in [0.05, 0.1) is 0 Å². The zero-order valence-corrected chi connectivity index (χ0v) is 5.36. The molecule has 1 unspecified atom stereocenters. The Morgan fingerprint density at radius 1 is 1.38 bits per heavy atom. The van der Waals surface area contributed by atoms with Crippen LogP contribution in [-0.4, -0.2) is 9.97 Å². The first-order chi connectivity index (χ1) is 3.79. The van der Waals surface area contributed by atoms with E-state index in [0.29, 0.717) is 5.95 Å². The van der Waals surface area contributed by atoms with E-state index in [0.717, 1.165) is 5.30 Å². The zero-order chi connectivity index (χ0) is 5.98. The number of rotatable bonds is 0. The number of aromatic nitrogens is 2. The van der Waals surface area contributed by atoms with E-state index in [-0.39, 0.29) is 0 Å². The van der Waals surface area contributed by atoms with Crippen LogP contribution >= 0.6 is 9.24 Å². The van der Waals surface area contributed by atoms with Crippen LogP contribution in [0.4, 0.5) is 5.95 Å². The Morgan fingerprint density at radius 2 is 1.88 bits per heavy atom. The molecule has 0 radical (unpaired) electrons. The third kappa shape index (κ3) is 1.14. The van der Waals surface area contributed by atoms with Crippen molar-refractivity contribution < 1.29 is 0 Å². The van der Waals surface area contributed by atoms with Gasteiger partial charge in [-0.1, -0.05) is 0 Å². The molecular formula is C4H6N3P. The molecule has 1 heterocycles. The Morgan fingerprint density at radius 3 is 2.25 bits per heavy atom. The SMILES string of the molecule is Nc1ncc(P)cn1. The van der Waals surface area contributed by atoms with E-state index < -0.39 is 0 Å². The standard InChI is InChI=1S/C4H6N3P/c5-4-6-1-3(8)2-7-4/h1-2H,8H2,(H2,5,6,7). The molecule has 0 saturated carbocycles. The summed E-state index contributed by atoms with van der Waals surface area (Å²) in [4.78, 5) is 7.45. The van der Waals surface area contributed by atoms with Gasteiger partial charge in [0.2, 0.25) is 5.95 Å². The highest BCUT2D eigenvalue weighted by Crippen LogP contribution is 1.86. The summed E-state index contributed by atoms with van der Waals surface area (Å²) in [6, 6.07) is 0. The first kappa shape index (κ1) is 5.45. The van der Waals surface area contributed by atoms with Crippen LogP contribution < -0.4 is 11.0 Å². The van der Waals surface area contributed by atoms with Gasteiger partial charge in [-0.25, -0.2) is 9.97 Å². The molecular weight excluding hydrogens is 121 g/mol. The summed E-state index contributed by atoms with van der Waals surface area (Å²) in [6.45, 7) is 0. The van der Waals surface area contributed by atoms with Crippen LogP contribution in [0.15, 0.2) is 12.4 Å². The first-order valence-corrected chi connectivity index (χ1v) is 2.70. The molecule has 42 valence electrons. The van der Waals surface area contributed by atoms with Crippen LogP contribution in [0.25, 0.3) is 0 Å². The van der Waals surface area contributed by atoms with E-state index in [9.17, 15) is 0 Å². The van der Waals surface area contributed by atoms with E-state index in [1.165, 1.54) is 0 Å². The number of hydrogen-bond donors (Lipinski definition) is 1. The maximum atomic E-state index is 5.20. The van der Waals surface area contributed by atoms with E-state index in [1.807, 2.05) is 0 Å². The Bertz CT molecular complexity index is 150. The Kier molecular flexibility index (Phi) is 1.40. The fraction of sp³-hybridized carbons (Fsp3) is 0. The summed E-state index contributed by atoms with van der Waals surface area (Å²) in [5.74, 6) is 0.316. The van der Waals surface area contributed by atoms with Crippen molar-refractivity contribution in [2.75, 3.05) is 5.73 Å². The molecule has 4 heteroatoms. The molecule has 0 aliphatic carbocycles. The lowest BCUT2D eigenvalue weighted by molar-refractivity contribution is 1.20. The minimum absolute atomic E-state index is 0.316. The molecule has 0 amide bonds. The van der Waals surface area contributed by atoms with Crippen LogP contribution in [-0.2, 0) is 0 Å². The van der Waals surface area contributed by atoms with Gasteiger partial charge in [-0.05, 0) is 0 Å². The number of anilines is 1. The maximum absolute atomic E-state index is 5.20. The van der Waals surface area contributed by atoms with Crippen molar-refractivity contribution in [2.45, 2.75) is 0 Å². The van der Waals surface area contributed by atoms with Crippen molar-refractivity contribution in [3.8, 4) is 0 Å². The molecule has 1 aromatic heterocycles. The normalized spacial score (nSPS) is 9.12. The smallest absolute Gasteiger partial charge is 0.219 e. The van der Waals surface area contributed by atoms with Crippen LogP contribution in [0.1, 0.15) is 0 Å². The van der Waals surface area contributed by atoms with Crippen LogP contribution in [0.2, 0.25) is 0 Å². The molecule has 2 N–H and O–H groups in total. The molecule has 3 nitrogen and oxygen atoms in total. The lowest BCUT2D eigenvalue weighted by Crippen LogP contribution is -1.99. The Hall–Kier alpha value is -0.690. The lowest BCUT2D eigenvalue weighted by atomic mass is 10.7. The van der Waals surface area contributed by atoms with Crippen molar-refractivity contribution in [1.82, 2.24) is 9.97 Å². The van der Waals surface area contributed by atoms with Crippen molar-refractivity contribution in [3.05, 3.63) is 12.4 Å². The van der Waals surface area contributed by atoms with Crippen LogP contribution in [0, 0.1) is 0 Å². The fourth-order valence-corrected chi connectivity index (χ4v) is 0.497. The van der Waals surface area contributed by atoms with Gasteiger partial charge in [0, 0.05) is 17.7 Å². The fourth-order valence-electron chi connectivity index (χ4n) is 0.348. The third-order valence-corrected chi connectivity index (χ3v) is 0.990. The molecule has 1 aromatic rings. The summed E-state index contributed by atoms with van der Waals surface area (Å²) >= 11 is 0. The highest BCUT2D eigenvalue weighted by molar-refractivity contribution is 7.27. The zero-order valence-electron chi connectivity index (χ0n) is 4.20. The minimum atomic E-state index is 0.316. The lowest BCUT2D eigenvalue weighted by Gasteiger charge is -1.88. The van der Waals surface area contributed by atoms with E-state index >= 15 is 0 Å². The van der Waals surface area contributed by atoms with Crippen molar-refractivity contribution in [3.63, 3.8) is 0 Å². The monoisotopic (exact) mass is 127 g/mol. The predicted molar refractivity (Wildman–Crippen MR) is 35.8 cm³/mol. The average Bonchev–Trinajstić information content (AvgIpc) is 1.77. The molecule has 0 aromatic carbocycles. The Labute approximate surface area is 49.5 Å². The van der Waals surface area contributed by atoms with Gasteiger partial charge in [-0.15, -0.1) is 9.24 Å². The van der Waals surface area contributed by atoms with Crippen molar-refractivity contribution >= 4 is 20.5 Å². The molecule has 1 atom stereocenters. The summed E-state index contributed by atoms with van der Waals surface area (Å²) in [6.07, 6.45) is 3.29. The topological polar surface area (TPSA) is 51.8 Å². The molecule has 0 fully saturated rings. The van der Waals surface area contributed by atoms with Gasteiger partial charge < -0.3 is 5.73 Å². The van der Waals surface area contributed by atoms with Crippen LogP contribution in [0.3, 0.4) is 0 Å². The van der Waals surface area contributed by atoms with Crippen molar-refractivity contribution in [1.29, 1.82) is 0 Å². The van der Waals surface area contributed by atoms with E-state index in [4.69, 9.17) is 5.73 Å². The number of nitrogens with zero attached hydrogens (tertiary/aromatic N) is 2. The highest BCUT2D eigenvalue weighted by Gasteiger charge is 1.83. The van der Waals surface area contributed by atoms with Crippen LogP contribution in [0.5, 0.6) is 0 Å². The second kappa shape index (κ2) is 2.05. The number of nitrogens with two attached hydrogens (primary N) is 1. The van der Waals surface area contributed by atoms with Gasteiger partial charge in [-0.3, -0.25) is 0 Å². The second-order valence-corrected chi connectivity index (χ2v) is 2.04. The third-order valence-electron chi connectivity index (χ3n) is 0.692. The van der Waals surface area contributed by atoms with Gasteiger partial charge in [0.25, 0.3) is 0 Å². The Balaban J connectivity index is 3.03. The maximum Gasteiger partial charge on any atom is 0.219 e. The van der Waals surface area contributed by atoms with Gasteiger partial charge >= 0.3 is 0 Å².